The van der Waals surface area contributed by atoms with E-state index in [9.17, 15) is 0 Å². The fraction of sp³-hybridized carbons (Fsp3) is 0.143. The lowest BCUT2D eigenvalue weighted by Crippen LogP contribution is -2.30. The normalized spacial score (nSPS) is 20.9. The molecule has 1 heterocycles. The van der Waals surface area contributed by atoms with Gasteiger partial charge in [0, 0.05) is 0 Å². The molecule has 22 heavy (non-hydrogen) atoms. The van der Waals surface area contributed by atoms with Gasteiger partial charge in [-0.15, -0.1) is 6.58 Å². The van der Waals surface area contributed by atoms with Crippen LogP contribution >= 0.6 is 0 Å². The van der Waals surface area contributed by atoms with Gasteiger partial charge in [0.05, 0.1) is 0 Å². The summed E-state index contributed by atoms with van der Waals surface area (Å²) in [6.07, 6.45) is 3.49. The molecule has 0 saturated heterocycles. The zero-order valence-corrected chi connectivity index (χ0v) is 14.3. The van der Waals surface area contributed by atoms with E-state index in [0.29, 0.717) is 0 Å². The summed E-state index contributed by atoms with van der Waals surface area (Å²) in [4.78, 5) is 0. The summed E-state index contributed by atoms with van der Waals surface area (Å²) in [6, 6.07) is 21.6. The first kappa shape index (κ1) is 14.8. The highest BCUT2D eigenvalue weighted by atomic mass is 28.3. The first-order valence-corrected chi connectivity index (χ1v) is 10.5. The van der Waals surface area contributed by atoms with Crippen molar-refractivity contribution in [2.45, 2.75) is 19.9 Å². The van der Waals surface area contributed by atoms with Gasteiger partial charge in [0.15, 0.2) is 0 Å². The van der Waals surface area contributed by atoms with Gasteiger partial charge < -0.3 is 0 Å². The number of hydrogen-bond donors (Lipinski definition) is 0. The third-order valence-electron chi connectivity index (χ3n) is 4.65. The Morgan fingerprint density at radius 1 is 0.909 bits per heavy atom. The van der Waals surface area contributed by atoms with Crippen LogP contribution in [0.15, 0.2) is 84.6 Å². The molecular weight excluding hydrogens is 280 g/mol. The smallest absolute Gasteiger partial charge is 0.106 e. The fourth-order valence-corrected chi connectivity index (χ4v) is 7.06. The Morgan fingerprint density at radius 3 is 1.95 bits per heavy atom. The number of benzene rings is 2. The molecule has 2 aromatic carbocycles. The van der Waals surface area contributed by atoms with E-state index in [1.807, 2.05) is 0 Å². The largest absolute Gasteiger partial charge is 0.139 e. The predicted molar refractivity (Wildman–Crippen MR) is 99.9 cm³/mol. The third kappa shape index (κ3) is 2.32. The van der Waals surface area contributed by atoms with Crippen molar-refractivity contribution >= 4 is 18.5 Å². The molecule has 0 amide bonds. The van der Waals surface area contributed by atoms with Gasteiger partial charge in [0.1, 0.15) is 8.07 Å². The van der Waals surface area contributed by atoms with Crippen LogP contribution in [0.1, 0.15) is 24.5 Å². The molecule has 0 saturated carbocycles. The van der Waals surface area contributed by atoms with E-state index in [2.05, 4.69) is 92.5 Å². The molecule has 0 spiro atoms. The van der Waals surface area contributed by atoms with Gasteiger partial charge in [-0.2, -0.15) is 0 Å². The van der Waals surface area contributed by atoms with Crippen molar-refractivity contribution in [3.8, 4) is 0 Å². The van der Waals surface area contributed by atoms with Crippen LogP contribution in [0.25, 0.3) is 10.4 Å². The van der Waals surface area contributed by atoms with Crippen LogP contribution in [0.4, 0.5) is 0 Å². The molecule has 1 aliphatic rings. The van der Waals surface area contributed by atoms with Crippen molar-refractivity contribution in [2.75, 3.05) is 0 Å². The summed E-state index contributed by atoms with van der Waals surface area (Å²) in [6.45, 7) is 8.89. The second-order valence-electron chi connectivity index (χ2n) is 5.95. The maximum Gasteiger partial charge on any atom is 0.139 e. The van der Waals surface area contributed by atoms with Crippen molar-refractivity contribution in [2.24, 2.45) is 0 Å². The molecule has 0 bridgehead atoms. The van der Waals surface area contributed by atoms with Crippen molar-refractivity contribution in [3.63, 3.8) is 0 Å². The molecule has 1 atom stereocenters. The minimum atomic E-state index is -1.88. The average Bonchev–Trinajstić information content (AvgIpc) is 2.89. The fourth-order valence-electron chi connectivity index (χ4n) is 3.45. The first-order chi connectivity index (χ1) is 10.7. The lowest BCUT2D eigenvalue weighted by Gasteiger charge is -2.27. The van der Waals surface area contributed by atoms with E-state index in [1.165, 1.54) is 27.1 Å². The topological polar surface area (TPSA) is 0 Å². The molecule has 1 unspecified atom stereocenters. The van der Waals surface area contributed by atoms with Crippen LogP contribution in [0, 0.1) is 0 Å². The molecule has 0 radical (unpaired) electrons. The maximum absolute atomic E-state index is 4.22. The standard InChI is InChI=1S/C21H22Si/c1-4-17-16-20(18-12-8-6-9-13-18)22(3,5-2)21(17)19-14-10-7-11-15-19/h5-16H,2,4H2,1,3H3. The van der Waals surface area contributed by atoms with Crippen LogP contribution in [-0.4, -0.2) is 8.07 Å². The van der Waals surface area contributed by atoms with Crippen LogP contribution in [-0.2, 0) is 0 Å². The Balaban J connectivity index is 2.18. The molecule has 3 rings (SSSR count). The van der Waals surface area contributed by atoms with E-state index in [4.69, 9.17) is 0 Å². The minimum Gasteiger partial charge on any atom is -0.106 e. The summed E-state index contributed by atoms with van der Waals surface area (Å²) in [5, 5.41) is 3.02. The van der Waals surface area contributed by atoms with E-state index in [-0.39, 0.29) is 0 Å². The molecule has 110 valence electrons. The quantitative estimate of drug-likeness (QED) is 0.623. The second-order valence-corrected chi connectivity index (χ2v) is 9.80. The Hall–Kier alpha value is -2.12. The van der Waals surface area contributed by atoms with E-state index < -0.39 is 8.07 Å². The maximum atomic E-state index is 4.22. The highest BCUT2D eigenvalue weighted by molar-refractivity contribution is 7.13. The Morgan fingerprint density at radius 2 is 1.45 bits per heavy atom. The monoisotopic (exact) mass is 302 g/mol. The summed E-state index contributed by atoms with van der Waals surface area (Å²) in [7, 11) is -1.88. The highest BCUT2D eigenvalue weighted by Gasteiger charge is 2.39. The molecule has 0 N–H and O–H groups in total. The van der Waals surface area contributed by atoms with Gasteiger partial charge in [0.2, 0.25) is 0 Å². The van der Waals surface area contributed by atoms with E-state index >= 15 is 0 Å². The van der Waals surface area contributed by atoms with Gasteiger partial charge in [-0.1, -0.05) is 85.9 Å². The van der Waals surface area contributed by atoms with Crippen LogP contribution < -0.4 is 0 Å². The van der Waals surface area contributed by atoms with Crippen molar-refractivity contribution in [1.82, 2.24) is 0 Å². The van der Waals surface area contributed by atoms with Crippen LogP contribution in [0.5, 0.6) is 0 Å². The Kier molecular flexibility index (Phi) is 3.99. The molecule has 0 fully saturated rings. The molecule has 1 heteroatoms. The van der Waals surface area contributed by atoms with Crippen molar-refractivity contribution in [3.05, 3.63) is 95.7 Å². The van der Waals surface area contributed by atoms with Crippen molar-refractivity contribution < 1.29 is 0 Å². The highest BCUT2D eigenvalue weighted by Crippen LogP contribution is 2.46. The summed E-state index contributed by atoms with van der Waals surface area (Å²) < 4.78 is 0. The number of rotatable bonds is 4. The summed E-state index contributed by atoms with van der Waals surface area (Å²) in [5.74, 6) is 0. The average molecular weight is 302 g/mol. The van der Waals surface area contributed by atoms with E-state index in [0.717, 1.165) is 6.42 Å². The van der Waals surface area contributed by atoms with E-state index in [1.54, 1.807) is 0 Å². The second kappa shape index (κ2) is 5.94. The lowest BCUT2D eigenvalue weighted by atomic mass is 10.1. The van der Waals surface area contributed by atoms with Gasteiger partial charge in [0.25, 0.3) is 0 Å². The molecule has 2 aromatic rings. The summed E-state index contributed by atoms with van der Waals surface area (Å²) in [5.41, 5.74) is 6.40. The molecule has 1 aliphatic heterocycles. The van der Waals surface area contributed by atoms with Gasteiger partial charge in [-0.05, 0) is 33.5 Å². The number of allylic oxidation sites excluding steroid dienone is 2. The molecular formula is C21H22Si. The molecule has 0 nitrogen and oxygen atoms in total. The SMILES string of the molecule is C=C[Si]1(C)C(c2ccccc2)=CC(CC)=C1c1ccccc1. The minimum absolute atomic E-state index is 1.07. The Labute approximate surface area is 134 Å². The van der Waals surface area contributed by atoms with Gasteiger partial charge >= 0.3 is 0 Å². The molecule has 0 aromatic heterocycles. The predicted octanol–water partition coefficient (Wildman–Crippen LogP) is 5.83. The molecule has 0 aliphatic carbocycles. The van der Waals surface area contributed by atoms with Crippen molar-refractivity contribution in [1.29, 1.82) is 0 Å². The van der Waals surface area contributed by atoms with Gasteiger partial charge in [-0.3, -0.25) is 0 Å². The lowest BCUT2D eigenvalue weighted by molar-refractivity contribution is 1.16. The zero-order chi connectivity index (χ0) is 15.6. The zero-order valence-electron chi connectivity index (χ0n) is 13.3. The van der Waals surface area contributed by atoms with Gasteiger partial charge in [-0.25, -0.2) is 0 Å². The van der Waals surface area contributed by atoms with Crippen LogP contribution in [0.2, 0.25) is 6.55 Å². The Bertz CT molecular complexity index is 738. The van der Waals surface area contributed by atoms with Crippen LogP contribution in [0.3, 0.4) is 0 Å². The third-order valence-corrected chi connectivity index (χ3v) is 8.67. The summed E-state index contributed by atoms with van der Waals surface area (Å²) >= 11 is 0. The first-order valence-electron chi connectivity index (χ1n) is 7.91. The number of hydrogen-bond acceptors (Lipinski definition) is 0.